The van der Waals surface area contributed by atoms with Crippen molar-refractivity contribution < 1.29 is 4.79 Å². The zero-order valence-electron chi connectivity index (χ0n) is 13.4. The SMILES string of the molecule is Cc1cnc(C(=O)N(C/C=C/c2ccccc2)CC(C)C)[nH]1. The van der Waals surface area contributed by atoms with E-state index in [0.717, 1.165) is 11.3 Å². The number of aryl methyl sites for hydroxylation is 1. The van der Waals surface area contributed by atoms with Crippen LogP contribution in [0.25, 0.3) is 6.08 Å². The van der Waals surface area contributed by atoms with Gasteiger partial charge in [0.25, 0.3) is 5.91 Å². The van der Waals surface area contributed by atoms with E-state index in [-0.39, 0.29) is 5.91 Å². The van der Waals surface area contributed by atoms with Crippen LogP contribution in [0.3, 0.4) is 0 Å². The molecule has 0 unspecified atom stereocenters. The van der Waals surface area contributed by atoms with Crippen molar-refractivity contribution in [2.24, 2.45) is 5.92 Å². The van der Waals surface area contributed by atoms with E-state index in [9.17, 15) is 4.79 Å². The first kappa shape index (κ1) is 16.0. The number of benzene rings is 1. The lowest BCUT2D eigenvalue weighted by Gasteiger charge is -2.22. The molecule has 0 fully saturated rings. The maximum absolute atomic E-state index is 12.5. The molecule has 116 valence electrons. The number of imidazole rings is 1. The summed E-state index contributed by atoms with van der Waals surface area (Å²) in [4.78, 5) is 21.5. The van der Waals surface area contributed by atoms with Crippen LogP contribution in [-0.2, 0) is 0 Å². The molecule has 1 amide bonds. The van der Waals surface area contributed by atoms with E-state index in [1.54, 1.807) is 6.20 Å². The first-order valence-electron chi connectivity index (χ1n) is 7.58. The van der Waals surface area contributed by atoms with Crippen molar-refractivity contribution in [2.45, 2.75) is 20.8 Å². The summed E-state index contributed by atoms with van der Waals surface area (Å²) in [5.41, 5.74) is 2.03. The fourth-order valence-electron chi connectivity index (χ4n) is 2.23. The minimum absolute atomic E-state index is 0.0560. The molecule has 2 aromatic rings. The Bertz CT molecular complexity index is 629. The number of hydrogen-bond donors (Lipinski definition) is 1. The van der Waals surface area contributed by atoms with Crippen LogP contribution >= 0.6 is 0 Å². The maximum atomic E-state index is 12.5. The Kier molecular flexibility index (Phi) is 5.53. The Morgan fingerprint density at radius 1 is 1.32 bits per heavy atom. The van der Waals surface area contributed by atoms with Crippen LogP contribution in [0.5, 0.6) is 0 Å². The number of rotatable bonds is 6. The fourth-order valence-corrected chi connectivity index (χ4v) is 2.23. The van der Waals surface area contributed by atoms with E-state index in [0.29, 0.717) is 24.8 Å². The molecule has 0 radical (unpaired) electrons. The van der Waals surface area contributed by atoms with Crippen LogP contribution in [0.15, 0.2) is 42.6 Å². The van der Waals surface area contributed by atoms with Gasteiger partial charge in [0.1, 0.15) is 0 Å². The second-order valence-corrected chi connectivity index (χ2v) is 5.83. The number of carbonyl (C=O) groups is 1. The first-order valence-corrected chi connectivity index (χ1v) is 7.58. The number of carbonyl (C=O) groups excluding carboxylic acids is 1. The average Bonchev–Trinajstić information content (AvgIpc) is 2.93. The average molecular weight is 297 g/mol. The summed E-state index contributed by atoms with van der Waals surface area (Å²) in [7, 11) is 0. The molecule has 4 heteroatoms. The lowest BCUT2D eigenvalue weighted by molar-refractivity contribution is 0.0745. The van der Waals surface area contributed by atoms with Gasteiger partial charge in [-0.05, 0) is 18.4 Å². The summed E-state index contributed by atoms with van der Waals surface area (Å²) >= 11 is 0. The highest BCUT2D eigenvalue weighted by atomic mass is 16.2. The van der Waals surface area contributed by atoms with Crippen molar-refractivity contribution in [3.63, 3.8) is 0 Å². The number of hydrogen-bond acceptors (Lipinski definition) is 2. The Morgan fingerprint density at radius 2 is 2.05 bits per heavy atom. The van der Waals surface area contributed by atoms with Crippen molar-refractivity contribution in [2.75, 3.05) is 13.1 Å². The topological polar surface area (TPSA) is 49.0 Å². The van der Waals surface area contributed by atoms with Crippen LogP contribution < -0.4 is 0 Å². The van der Waals surface area contributed by atoms with E-state index in [1.807, 2.05) is 54.3 Å². The van der Waals surface area contributed by atoms with Crippen LogP contribution in [0.2, 0.25) is 0 Å². The van der Waals surface area contributed by atoms with Gasteiger partial charge in [-0.3, -0.25) is 4.79 Å². The molecule has 0 bridgehead atoms. The summed E-state index contributed by atoms with van der Waals surface area (Å²) in [5, 5.41) is 0. The summed E-state index contributed by atoms with van der Waals surface area (Å²) in [6.07, 6.45) is 5.74. The van der Waals surface area contributed by atoms with Crippen molar-refractivity contribution in [3.05, 3.63) is 59.7 Å². The van der Waals surface area contributed by atoms with E-state index < -0.39 is 0 Å². The number of aromatic amines is 1. The highest BCUT2D eigenvalue weighted by molar-refractivity contribution is 5.90. The minimum Gasteiger partial charge on any atom is -0.338 e. The molecule has 4 nitrogen and oxygen atoms in total. The number of H-pyrrole nitrogens is 1. The monoisotopic (exact) mass is 297 g/mol. The predicted octanol–water partition coefficient (Wildman–Crippen LogP) is 3.53. The van der Waals surface area contributed by atoms with Gasteiger partial charge in [0, 0.05) is 25.0 Å². The highest BCUT2D eigenvalue weighted by Crippen LogP contribution is 2.07. The van der Waals surface area contributed by atoms with Gasteiger partial charge in [-0.1, -0.05) is 56.3 Å². The summed E-state index contributed by atoms with van der Waals surface area (Å²) in [5.74, 6) is 0.760. The van der Waals surface area contributed by atoms with Gasteiger partial charge in [0.2, 0.25) is 0 Å². The van der Waals surface area contributed by atoms with Gasteiger partial charge in [-0.25, -0.2) is 4.98 Å². The van der Waals surface area contributed by atoms with Gasteiger partial charge in [-0.15, -0.1) is 0 Å². The van der Waals surface area contributed by atoms with Crippen molar-refractivity contribution in [1.82, 2.24) is 14.9 Å². The second kappa shape index (κ2) is 7.59. The molecule has 0 spiro atoms. The van der Waals surface area contributed by atoms with Crippen LogP contribution in [0.4, 0.5) is 0 Å². The first-order chi connectivity index (χ1) is 10.6. The van der Waals surface area contributed by atoms with Crippen LogP contribution in [0.1, 0.15) is 35.7 Å². The molecule has 0 aliphatic carbocycles. The van der Waals surface area contributed by atoms with Crippen molar-refractivity contribution in [1.29, 1.82) is 0 Å². The second-order valence-electron chi connectivity index (χ2n) is 5.83. The third kappa shape index (κ3) is 4.58. The summed E-state index contributed by atoms with van der Waals surface area (Å²) in [6, 6.07) is 10.1. The van der Waals surface area contributed by atoms with E-state index in [2.05, 4.69) is 23.8 Å². The zero-order valence-corrected chi connectivity index (χ0v) is 13.4. The van der Waals surface area contributed by atoms with Crippen LogP contribution in [-0.4, -0.2) is 33.9 Å². The van der Waals surface area contributed by atoms with Gasteiger partial charge in [0.15, 0.2) is 5.82 Å². The fraction of sp³-hybridized carbons (Fsp3) is 0.333. The summed E-state index contributed by atoms with van der Waals surface area (Å²) in [6.45, 7) is 7.39. The van der Waals surface area contributed by atoms with E-state index >= 15 is 0 Å². The molecule has 2 rings (SSSR count). The third-order valence-electron chi connectivity index (χ3n) is 3.21. The Labute approximate surface area is 131 Å². The summed E-state index contributed by atoms with van der Waals surface area (Å²) < 4.78 is 0. The van der Waals surface area contributed by atoms with Gasteiger partial charge >= 0.3 is 0 Å². The van der Waals surface area contributed by atoms with E-state index in [1.165, 1.54) is 0 Å². The molecule has 0 aliphatic rings. The molecular formula is C18H23N3O. The minimum atomic E-state index is -0.0560. The van der Waals surface area contributed by atoms with Crippen molar-refractivity contribution in [3.8, 4) is 0 Å². The Morgan fingerprint density at radius 3 is 2.64 bits per heavy atom. The number of nitrogens with zero attached hydrogens (tertiary/aromatic N) is 2. The molecule has 1 aromatic heterocycles. The molecular weight excluding hydrogens is 274 g/mol. The van der Waals surface area contributed by atoms with Crippen molar-refractivity contribution >= 4 is 12.0 Å². The lowest BCUT2D eigenvalue weighted by atomic mass is 10.2. The molecule has 22 heavy (non-hydrogen) atoms. The highest BCUT2D eigenvalue weighted by Gasteiger charge is 2.18. The molecule has 0 saturated carbocycles. The smallest absolute Gasteiger partial charge is 0.289 e. The van der Waals surface area contributed by atoms with Gasteiger partial charge in [-0.2, -0.15) is 0 Å². The molecule has 1 aromatic carbocycles. The normalized spacial score (nSPS) is 11.3. The van der Waals surface area contributed by atoms with E-state index in [4.69, 9.17) is 0 Å². The van der Waals surface area contributed by atoms with Crippen LogP contribution in [0, 0.1) is 12.8 Å². The Hall–Kier alpha value is -2.36. The largest absolute Gasteiger partial charge is 0.338 e. The molecule has 1 heterocycles. The maximum Gasteiger partial charge on any atom is 0.289 e. The molecule has 0 aliphatic heterocycles. The molecule has 0 saturated heterocycles. The third-order valence-corrected chi connectivity index (χ3v) is 3.21. The Balaban J connectivity index is 2.06. The number of amides is 1. The van der Waals surface area contributed by atoms with Gasteiger partial charge < -0.3 is 9.88 Å². The molecule has 0 atom stereocenters. The molecule has 1 N–H and O–H groups in total. The number of aromatic nitrogens is 2. The lowest BCUT2D eigenvalue weighted by Crippen LogP contribution is -2.35. The quantitative estimate of drug-likeness (QED) is 0.886. The zero-order chi connectivity index (χ0) is 15.9. The predicted molar refractivity (Wildman–Crippen MR) is 89.5 cm³/mol. The standard InChI is InChI=1S/C18H23N3O/c1-14(2)13-21(18(22)17-19-12-15(3)20-17)11-7-10-16-8-5-4-6-9-16/h4-10,12,14H,11,13H2,1-3H3,(H,19,20)/b10-7+. The van der Waals surface area contributed by atoms with Gasteiger partial charge in [0.05, 0.1) is 0 Å². The number of nitrogens with one attached hydrogen (secondary N) is 1.